The number of nitriles is 1. The molecular weight excluding hydrogens is 212 g/mol. The van der Waals surface area contributed by atoms with Crippen LogP contribution in [0.3, 0.4) is 0 Å². The topological polar surface area (TPSA) is 52.9 Å². The molecule has 1 amide bonds. The molecule has 0 fully saturated rings. The summed E-state index contributed by atoms with van der Waals surface area (Å²) in [5.41, 5.74) is 1.85. The molecule has 0 aliphatic rings. The van der Waals surface area contributed by atoms with Crippen LogP contribution < -0.4 is 5.32 Å². The number of nitrogens with one attached hydrogen (secondary N) is 1. The van der Waals surface area contributed by atoms with Gasteiger partial charge in [-0.05, 0) is 30.5 Å². The zero-order chi connectivity index (χ0) is 12.8. The fourth-order valence-electron chi connectivity index (χ4n) is 1.51. The van der Waals surface area contributed by atoms with Crippen molar-refractivity contribution in [3.8, 4) is 6.07 Å². The van der Waals surface area contributed by atoms with Crippen molar-refractivity contribution in [2.24, 2.45) is 0 Å². The third kappa shape index (κ3) is 3.92. The molecule has 1 atom stereocenters. The van der Waals surface area contributed by atoms with Crippen LogP contribution in [0.4, 0.5) is 0 Å². The van der Waals surface area contributed by atoms with Crippen molar-refractivity contribution in [3.05, 3.63) is 35.4 Å². The number of hydrogen-bond donors (Lipinski definition) is 1. The fraction of sp³-hybridized carbons (Fsp3) is 0.429. The lowest BCUT2D eigenvalue weighted by atomic mass is 10.0. The Bertz CT molecular complexity index is 415. The van der Waals surface area contributed by atoms with Crippen LogP contribution >= 0.6 is 0 Å². The van der Waals surface area contributed by atoms with Crippen LogP contribution in [0.25, 0.3) is 0 Å². The second-order valence-corrected chi connectivity index (χ2v) is 4.51. The van der Waals surface area contributed by atoms with E-state index in [4.69, 9.17) is 5.26 Å². The lowest BCUT2D eigenvalue weighted by Gasteiger charge is -2.11. The number of benzene rings is 1. The van der Waals surface area contributed by atoms with E-state index in [2.05, 4.69) is 19.2 Å². The maximum atomic E-state index is 11.8. The van der Waals surface area contributed by atoms with Gasteiger partial charge in [-0.1, -0.05) is 26.0 Å². The van der Waals surface area contributed by atoms with Crippen LogP contribution in [0.2, 0.25) is 0 Å². The number of hydrogen-bond acceptors (Lipinski definition) is 2. The van der Waals surface area contributed by atoms with Crippen molar-refractivity contribution in [3.63, 3.8) is 0 Å². The molecule has 0 aliphatic heterocycles. The minimum absolute atomic E-state index is 0.114. The van der Waals surface area contributed by atoms with Crippen LogP contribution in [0.1, 0.15) is 49.0 Å². The summed E-state index contributed by atoms with van der Waals surface area (Å²) in [6.07, 6.45) is 0.329. The molecule has 0 heterocycles. The molecule has 0 aliphatic carbocycles. The van der Waals surface area contributed by atoms with E-state index in [0.29, 0.717) is 17.9 Å². The van der Waals surface area contributed by atoms with Crippen LogP contribution in [-0.4, -0.2) is 11.9 Å². The molecule has 1 rings (SSSR count). The molecular formula is C14H18N2O. The van der Waals surface area contributed by atoms with Gasteiger partial charge in [0.15, 0.2) is 0 Å². The smallest absolute Gasteiger partial charge is 0.251 e. The SMILES string of the molecule is CC(CC#N)NC(=O)c1ccc(C(C)C)cc1. The molecule has 0 bridgehead atoms. The van der Waals surface area contributed by atoms with Gasteiger partial charge in [0, 0.05) is 11.6 Å². The number of rotatable bonds is 4. The molecule has 90 valence electrons. The maximum Gasteiger partial charge on any atom is 0.251 e. The minimum atomic E-state index is -0.122. The van der Waals surface area contributed by atoms with Crippen molar-refractivity contribution in [2.75, 3.05) is 0 Å². The number of carbonyl (C=O) groups is 1. The van der Waals surface area contributed by atoms with E-state index in [1.54, 1.807) is 0 Å². The third-order valence-electron chi connectivity index (χ3n) is 2.61. The summed E-state index contributed by atoms with van der Waals surface area (Å²) < 4.78 is 0. The van der Waals surface area contributed by atoms with Crippen LogP contribution in [0.5, 0.6) is 0 Å². The van der Waals surface area contributed by atoms with E-state index in [0.717, 1.165) is 0 Å². The molecule has 3 heteroatoms. The quantitative estimate of drug-likeness (QED) is 0.864. The van der Waals surface area contributed by atoms with Crippen molar-refractivity contribution >= 4 is 5.91 Å². The van der Waals surface area contributed by atoms with E-state index < -0.39 is 0 Å². The fourth-order valence-corrected chi connectivity index (χ4v) is 1.51. The first kappa shape index (κ1) is 13.2. The molecule has 1 unspecified atom stereocenters. The van der Waals surface area contributed by atoms with Gasteiger partial charge in [-0.25, -0.2) is 0 Å². The molecule has 1 N–H and O–H groups in total. The van der Waals surface area contributed by atoms with Crippen molar-refractivity contribution < 1.29 is 4.79 Å². The molecule has 1 aromatic rings. The Labute approximate surface area is 102 Å². The highest BCUT2D eigenvalue weighted by atomic mass is 16.1. The molecule has 0 saturated heterocycles. The average Bonchev–Trinajstić information content (AvgIpc) is 2.29. The molecule has 17 heavy (non-hydrogen) atoms. The largest absolute Gasteiger partial charge is 0.349 e. The summed E-state index contributed by atoms with van der Waals surface area (Å²) in [7, 11) is 0. The first-order chi connectivity index (χ1) is 8.04. The van der Waals surface area contributed by atoms with Gasteiger partial charge < -0.3 is 5.32 Å². The van der Waals surface area contributed by atoms with Gasteiger partial charge in [0.1, 0.15) is 0 Å². The Kier molecular flexibility index (Phi) is 4.71. The number of nitrogens with zero attached hydrogens (tertiary/aromatic N) is 1. The Morgan fingerprint density at radius 3 is 2.35 bits per heavy atom. The average molecular weight is 230 g/mol. The van der Waals surface area contributed by atoms with E-state index >= 15 is 0 Å². The zero-order valence-corrected chi connectivity index (χ0v) is 10.5. The van der Waals surface area contributed by atoms with Crippen LogP contribution in [0, 0.1) is 11.3 Å². The van der Waals surface area contributed by atoms with Gasteiger partial charge in [0.25, 0.3) is 5.91 Å². The standard InChI is InChI=1S/C14H18N2O/c1-10(2)12-4-6-13(7-5-12)14(17)16-11(3)8-9-15/h4-7,10-11H,8H2,1-3H3,(H,16,17). The minimum Gasteiger partial charge on any atom is -0.349 e. The highest BCUT2D eigenvalue weighted by Gasteiger charge is 2.09. The second-order valence-electron chi connectivity index (χ2n) is 4.51. The van der Waals surface area contributed by atoms with Gasteiger partial charge in [-0.3, -0.25) is 4.79 Å². The third-order valence-corrected chi connectivity index (χ3v) is 2.61. The summed E-state index contributed by atoms with van der Waals surface area (Å²) >= 11 is 0. The van der Waals surface area contributed by atoms with Gasteiger partial charge in [-0.15, -0.1) is 0 Å². The Morgan fingerprint density at radius 1 is 1.29 bits per heavy atom. The van der Waals surface area contributed by atoms with Gasteiger partial charge in [0.2, 0.25) is 0 Å². The Morgan fingerprint density at radius 2 is 1.88 bits per heavy atom. The molecule has 0 aromatic heterocycles. The van der Waals surface area contributed by atoms with Gasteiger partial charge in [-0.2, -0.15) is 5.26 Å². The Hall–Kier alpha value is -1.82. The van der Waals surface area contributed by atoms with E-state index in [-0.39, 0.29) is 11.9 Å². The number of carbonyl (C=O) groups excluding carboxylic acids is 1. The molecule has 3 nitrogen and oxygen atoms in total. The molecule has 1 aromatic carbocycles. The summed E-state index contributed by atoms with van der Waals surface area (Å²) in [5, 5.41) is 11.3. The lowest BCUT2D eigenvalue weighted by Crippen LogP contribution is -2.32. The number of amides is 1. The van der Waals surface area contributed by atoms with E-state index in [1.807, 2.05) is 37.3 Å². The normalized spacial score (nSPS) is 11.9. The summed E-state index contributed by atoms with van der Waals surface area (Å²) in [6.45, 7) is 6.05. The monoisotopic (exact) mass is 230 g/mol. The Balaban J connectivity index is 2.67. The second kappa shape index (κ2) is 6.05. The van der Waals surface area contributed by atoms with E-state index in [1.165, 1.54) is 5.56 Å². The van der Waals surface area contributed by atoms with Crippen molar-refractivity contribution in [2.45, 2.75) is 39.2 Å². The predicted octanol–water partition coefficient (Wildman–Crippen LogP) is 2.84. The molecule has 0 spiro atoms. The summed E-state index contributed by atoms with van der Waals surface area (Å²) in [5.74, 6) is 0.340. The predicted molar refractivity (Wildman–Crippen MR) is 67.7 cm³/mol. The zero-order valence-electron chi connectivity index (χ0n) is 10.5. The van der Waals surface area contributed by atoms with Crippen molar-refractivity contribution in [1.29, 1.82) is 5.26 Å². The van der Waals surface area contributed by atoms with E-state index in [9.17, 15) is 4.79 Å². The van der Waals surface area contributed by atoms with Gasteiger partial charge in [0.05, 0.1) is 12.5 Å². The highest BCUT2D eigenvalue weighted by Crippen LogP contribution is 2.14. The van der Waals surface area contributed by atoms with Crippen LogP contribution in [-0.2, 0) is 0 Å². The first-order valence-electron chi connectivity index (χ1n) is 5.82. The molecule has 0 radical (unpaired) electrons. The highest BCUT2D eigenvalue weighted by molar-refractivity contribution is 5.94. The van der Waals surface area contributed by atoms with Gasteiger partial charge >= 0.3 is 0 Å². The lowest BCUT2D eigenvalue weighted by molar-refractivity contribution is 0.0941. The maximum absolute atomic E-state index is 11.8. The first-order valence-corrected chi connectivity index (χ1v) is 5.82. The molecule has 0 saturated carbocycles. The van der Waals surface area contributed by atoms with Crippen LogP contribution in [0.15, 0.2) is 24.3 Å². The summed E-state index contributed by atoms with van der Waals surface area (Å²) in [6, 6.07) is 9.50. The van der Waals surface area contributed by atoms with Crippen molar-refractivity contribution in [1.82, 2.24) is 5.32 Å². The summed E-state index contributed by atoms with van der Waals surface area (Å²) in [4.78, 5) is 11.8.